The van der Waals surface area contributed by atoms with E-state index in [2.05, 4.69) is 21.2 Å². The van der Waals surface area contributed by atoms with Crippen LogP contribution < -0.4 is 5.32 Å². The van der Waals surface area contributed by atoms with Gasteiger partial charge in [-0.2, -0.15) is 0 Å². The quantitative estimate of drug-likeness (QED) is 0.386. The number of rotatable bonds is 6. The average molecular weight is 560 g/mol. The summed E-state index contributed by atoms with van der Waals surface area (Å²) in [6.45, 7) is 1.32. The summed E-state index contributed by atoms with van der Waals surface area (Å²) in [5, 5.41) is 2.90. The van der Waals surface area contributed by atoms with E-state index in [1.54, 1.807) is 44.4 Å². The molecule has 1 aliphatic heterocycles. The third-order valence-electron chi connectivity index (χ3n) is 6.49. The lowest BCUT2D eigenvalue weighted by Gasteiger charge is -2.32. The molecule has 6 nitrogen and oxygen atoms in total. The van der Waals surface area contributed by atoms with Crippen molar-refractivity contribution in [3.8, 4) is 0 Å². The number of hydrogen-bond donors (Lipinski definition) is 1. The van der Waals surface area contributed by atoms with E-state index < -0.39 is 0 Å². The van der Waals surface area contributed by atoms with Gasteiger partial charge in [-0.25, -0.2) is 0 Å². The molecule has 0 saturated carbocycles. The van der Waals surface area contributed by atoms with Gasteiger partial charge in [0.1, 0.15) is 0 Å². The highest BCUT2D eigenvalue weighted by atomic mass is 79.9. The van der Waals surface area contributed by atoms with E-state index in [9.17, 15) is 14.4 Å². The lowest BCUT2D eigenvalue weighted by Crippen LogP contribution is -2.38. The highest BCUT2D eigenvalue weighted by Gasteiger charge is 2.25. The van der Waals surface area contributed by atoms with Crippen molar-refractivity contribution in [2.45, 2.75) is 18.8 Å². The first-order chi connectivity index (χ1) is 17.8. The van der Waals surface area contributed by atoms with Gasteiger partial charge in [-0.1, -0.05) is 46.3 Å². The van der Waals surface area contributed by atoms with Gasteiger partial charge in [-0.3, -0.25) is 14.4 Å². The Kier molecular flexibility index (Phi) is 8.56. The molecule has 3 aromatic carbocycles. The molecule has 0 spiro atoms. The molecule has 0 aliphatic carbocycles. The topological polar surface area (TPSA) is 69.7 Å². The minimum absolute atomic E-state index is 0.0406. The number of benzene rings is 3. The maximum Gasteiger partial charge on any atom is 0.253 e. The molecule has 1 fully saturated rings. The molecule has 7 heteroatoms. The number of likely N-dealkylation sites (tertiary alicyclic amines) is 1. The van der Waals surface area contributed by atoms with Crippen LogP contribution in [0, 0.1) is 0 Å². The van der Waals surface area contributed by atoms with Crippen LogP contribution in [0.1, 0.15) is 50.6 Å². The zero-order valence-corrected chi connectivity index (χ0v) is 22.6. The molecule has 1 aliphatic rings. The normalized spacial score (nSPS) is 14.0. The second-order valence-electron chi connectivity index (χ2n) is 9.34. The summed E-state index contributed by atoms with van der Waals surface area (Å²) in [5.74, 6) is 0.0151. The van der Waals surface area contributed by atoms with E-state index in [0.717, 1.165) is 28.6 Å². The Morgan fingerprint density at radius 3 is 2.22 bits per heavy atom. The summed E-state index contributed by atoms with van der Waals surface area (Å²) >= 11 is 3.40. The molecule has 4 rings (SSSR count). The van der Waals surface area contributed by atoms with Crippen molar-refractivity contribution in [3.05, 3.63) is 106 Å². The van der Waals surface area contributed by atoms with E-state index in [1.165, 1.54) is 16.5 Å². The van der Waals surface area contributed by atoms with Gasteiger partial charge in [0.2, 0.25) is 5.91 Å². The summed E-state index contributed by atoms with van der Waals surface area (Å²) < 4.78 is 0.995. The first-order valence-corrected chi connectivity index (χ1v) is 13.0. The minimum Gasteiger partial charge on any atom is -0.345 e. The fourth-order valence-corrected chi connectivity index (χ4v) is 4.67. The SMILES string of the molecule is CN(C)C(=O)c1cccc(C(=O)N2CCC(c3ccc(NC(=O)/C=C/c4ccc(Br)cc4)cc3)CC2)c1. The van der Waals surface area contributed by atoms with E-state index in [-0.39, 0.29) is 17.7 Å². The van der Waals surface area contributed by atoms with Crippen molar-refractivity contribution < 1.29 is 14.4 Å². The predicted octanol–water partition coefficient (Wildman–Crippen LogP) is 5.82. The van der Waals surface area contributed by atoms with Gasteiger partial charge in [-0.15, -0.1) is 0 Å². The summed E-state index contributed by atoms with van der Waals surface area (Å²) in [7, 11) is 3.40. The number of carbonyl (C=O) groups excluding carboxylic acids is 3. The van der Waals surface area contributed by atoms with Crippen LogP contribution in [0.3, 0.4) is 0 Å². The summed E-state index contributed by atoms with van der Waals surface area (Å²) in [6, 6.07) is 22.6. The fourth-order valence-electron chi connectivity index (χ4n) is 4.41. The van der Waals surface area contributed by atoms with Crippen LogP contribution in [-0.4, -0.2) is 54.7 Å². The molecule has 37 heavy (non-hydrogen) atoms. The Hall–Kier alpha value is -3.71. The zero-order chi connectivity index (χ0) is 26.4. The molecule has 1 N–H and O–H groups in total. The number of hydrogen-bond acceptors (Lipinski definition) is 3. The van der Waals surface area contributed by atoms with Crippen molar-refractivity contribution >= 4 is 45.4 Å². The molecule has 0 aromatic heterocycles. The van der Waals surface area contributed by atoms with E-state index in [0.29, 0.717) is 30.1 Å². The second kappa shape index (κ2) is 12.0. The Morgan fingerprint density at radius 2 is 1.57 bits per heavy atom. The van der Waals surface area contributed by atoms with Crippen molar-refractivity contribution in [2.75, 3.05) is 32.5 Å². The van der Waals surface area contributed by atoms with Gasteiger partial charge < -0.3 is 15.1 Å². The Labute approximate surface area is 226 Å². The van der Waals surface area contributed by atoms with Crippen LogP contribution in [0.2, 0.25) is 0 Å². The van der Waals surface area contributed by atoms with Gasteiger partial charge in [0.05, 0.1) is 0 Å². The first-order valence-electron chi connectivity index (χ1n) is 12.3. The van der Waals surface area contributed by atoms with Gasteiger partial charge in [-0.05, 0) is 78.4 Å². The molecule has 0 unspecified atom stereocenters. The number of nitrogens with one attached hydrogen (secondary N) is 1. The van der Waals surface area contributed by atoms with Crippen molar-refractivity contribution in [3.63, 3.8) is 0 Å². The lowest BCUT2D eigenvalue weighted by molar-refractivity contribution is -0.111. The Balaban J connectivity index is 1.30. The monoisotopic (exact) mass is 559 g/mol. The molecule has 1 heterocycles. The van der Waals surface area contributed by atoms with Crippen LogP contribution in [0.5, 0.6) is 0 Å². The van der Waals surface area contributed by atoms with Crippen molar-refractivity contribution in [2.24, 2.45) is 0 Å². The highest BCUT2D eigenvalue weighted by molar-refractivity contribution is 9.10. The van der Waals surface area contributed by atoms with Crippen LogP contribution in [0.25, 0.3) is 6.08 Å². The van der Waals surface area contributed by atoms with Gasteiger partial charge in [0.25, 0.3) is 11.8 Å². The smallest absolute Gasteiger partial charge is 0.253 e. The lowest BCUT2D eigenvalue weighted by atomic mass is 9.89. The molecule has 190 valence electrons. The molecule has 3 amide bonds. The molecule has 3 aromatic rings. The number of anilines is 1. The molecular weight excluding hydrogens is 530 g/mol. The van der Waals surface area contributed by atoms with E-state index in [1.807, 2.05) is 53.4 Å². The van der Waals surface area contributed by atoms with Gasteiger partial charge in [0.15, 0.2) is 0 Å². The predicted molar refractivity (Wildman–Crippen MR) is 151 cm³/mol. The Bertz CT molecular complexity index is 1290. The second-order valence-corrected chi connectivity index (χ2v) is 10.3. The maximum atomic E-state index is 13.0. The summed E-state index contributed by atoms with van der Waals surface area (Å²) in [4.78, 5) is 41.0. The van der Waals surface area contributed by atoms with Gasteiger partial charge >= 0.3 is 0 Å². The third kappa shape index (κ3) is 6.95. The minimum atomic E-state index is -0.182. The number of piperidine rings is 1. The van der Waals surface area contributed by atoms with Crippen molar-refractivity contribution in [1.29, 1.82) is 0 Å². The molecule has 0 atom stereocenters. The highest BCUT2D eigenvalue weighted by Crippen LogP contribution is 2.29. The van der Waals surface area contributed by atoms with Gasteiger partial charge in [0, 0.05) is 54.5 Å². The molecule has 1 saturated heterocycles. The number of amides is 3. The van der Waals surface area contributed by atoms with Crippen molar-refractivity contribution in [1.82, 2.24) is 9.80 Å². The summed E-state index contributed by atoms with van der Waals surface area (Å²) in [5.41, 5.74) is 3.96. The Morgan fingerprint density at radius 1 is 0.919 bits per heavy atom. The van der Waals surface area contributed by atoms with E-state index in [4.69, 9.17) is 0 Å². The third-order valence-corrected chi connectivity index (χ3v) is 7.02. The van der Waals surface area contributed by atoms with Crippen LogP contribution in [0.4, 0.5) is 5.69 Å². The first kappa shape index (κ1) is 26.4. The van der Waals surface area contributed by atoms with Crippen LogP contribution in [0.15, 0.2) is 83.3 Å². The largest absolute Gasteiger partial charge is 0.345 e. The van der Waals surface area contributed by atoms with E-state index >= 15 is 0 Å². The molecule has 0 radical (unpaired) electrons. The number of halogens is 1. The molecule has 0 bridgehead atoms. The number of nitrogens with zero attached hydrogens (tertiary/aromatic N) is 2. The maximum absolute atomic E-state index is 13.0. The standard InChI is InChI=1S/C30H30BrN3O3/c1-33(2)29(36)24-4-3-5-25(20-24)30(37)34-18-16-23(17-19-34)22-9-13-27(14-10-22)32-28(35)15-8-21-6-11-26(31)12-7-21/h3-15,20,23H,16-19H2,1-2H3,(H,32,35)/b15-8+. The van der Waals surface area contributed by atoms with Crippen LogP contribution >= 0.6 is 15.9 Å². The molecular formula is C30H30BrN3O3. The zero-order valence-electron chi connectivity index (χ0n) is 21.0. The summed E-state index contributed by atoms with van der Waals surface area (Å²) in [6.07, 6.45) is 5.03. The average Bonchev–Trinajstić information content (AvgIpc) is 2.92. The van der Waals surface area contributed by atoms with Crippen LogP contribution in [-0.2, 0) is 4.79 Å². The number of carbonyl (C=O) groups is 3. The fraction of sp³-hybridized carbons (Fsp3) is 0.233.